The second-order valence-corrected chi connectivity index (χ2v) is 7.24. The Kier molecular flexibility index (Phi) is 5.58. The molecule has 1 aliphatic rings. The molecule has 0 saturated carbocycles. The predicted molar refractivity (Wildman–Crippen MR) is 111 cm³/mol. The van der Waals surface area contributed by atoms with E-state index in [2.05, 4.69) is 29.6 Å². The van der Waals surface area contributed by atoms with Crippen LogP contribution in [0, 0.1) is 0 Å². The fraction of sp³-hybridized carbons (Fsp3) is 0.292. The van der Waals surface area contributed by atoms with Crippen molar-refractivity contribution >= 4 is 16.7 Å². The van der Waals surface area contributed by atoms with Gasteiger partial charge in [-0.05, 0) is 54.3 Å². The normalized spacial score (nSPS) is 17.4. The molecule has 0 aliphatic carbocycles. The molecule has 1 aliphatic heterocycles. The molecule has 0 radical (unpaired) electrons. The Morgan fingerprint density at radius 1 is 1.14 bits per heavy atom. The standard InChI is InChI=1S/C24H25NO3/c1-17(22-13-5-8-18-7-2-3-12-23(18)22)25-24(26)19-9-4-10-20(15-19)28-16-21-11-6-14-27-21/h2-5,7-10,12-13,15,17,21H,6,11,14,16H2,1H3,(H,25,26)/t17-,21-/m0/s1. The molecule has 28 heavy (non-hydrogen) atoms. The molecule has 3 aromatic rings. The minimum atomic E-state index is -0.108. The number of ether oxygens (including phenoxy) is 2. The molecule has 1 fully saturated rings. The molecule has 0 aromatic heterocycles. The number of amides is 1. The highest BCUT2D eigenvalue weighted by atomic mass is 16.5. The van der Waals surface area contributed by atoms with E-state index in [1.807, 2.05) is 43.3 Å². The van der Waals surface area contributed by atoms with Gasteiger partial charge in [0.2, 0.25) is 0 Å². The number of rotatable bonds is 6. The van der Waals surface area contributed by atoms with Crippen molar-refractivity contribution in [2.75, 3.05) is 13.2 Å². The predicted octanol–water partition coefficient (Wildman–Crippen LogP) is 4.89. The lowest BCUT2D eigenvalue weighted by atomic mass is 9.99. The van der Waals surface area contributed by atoms with E-state index >= 15 is 0 Å². The first-order valence-corrected chi connectivity index (χ1v) is 9.84. The van der Waals surface area contributed by atoms with Gasteiger partial charge in [0.1, 0.15) is 12.4 Å². The Bertz CT molecular complexity index is 957. The van der Waals surface area contributed by atoms with E-state index in [-0.39, 0.29) is 18.1 Å². The maximum atomic E-state index is 12.8. The summed E-state index contributed by atoms with van der Waals surface area (Å²) < 4.78 is 11.4. The molecule has 4 rings (SSSR count). The van der Waals surface area contributed by atoms with Crippen LogP contribution >= 0.6 is 0 Å². The Hall–Kier alpha value is -2.85. The lowest BCUT2D eigenvalue weighted by Crippen LogP contribution is -2.26. The smallest absolute Gasteiger partial charge is 0.251 e. The Labute approximate surface area is 165 Å². The first kappa shape index (κ1) is 18.5. The minimum absolute atomic E-state index is 0.102. The van der Waals surface area contributed by atoms with Gasteiger partial charge in [-0.2, -0.15) is 0 Å². The number of benzene rings is 3. The van der Waals surface area contributed by atoms with Crippen LogP contribution < -0.4 is 10.1 Å². The van der Waals surface area contributed by atoms with Crippen LogP contribution in [0.15, 0.2) is 66.7 Å². The van der Waals surface area contributed by atoms with Gasteiger partial charge in [0.05, 0.1) is 12.1 Å². The van der Waals surface area contributed by atoms with E-state index in [4.69, 9.17) is 9.47 Å². The van der Waals surface area contributed by atoms with E-state index in [0.29, 0.717) is 17.9 Å². The van der Waals surface area contributed by atoms with Crippen LogP contribution in [-0.4, -0.2) is 25.2 Å². The zero-order valence-corrected chi connectivity index (χ0v) is 16.1. The summed E-state index contributed by atoms with van der Waals surface area (Å²) in [4.78, 5) is 12.8. The molecule has 2 atom stereocenters. The number of hydrogen-bond donors (Lipinski definition) is 1. The van der Waals surface area contributed by atoms with Gasteiger partial charge < -0.3 is 14.8 Å². The molecule has 1 heterocycles. The van der Waals surface area contributed by atoms with Gasteiger partial charge in [-0.3, -0.25) is 4.79 Å². The second kappa shape index (κ2) is 8.44. The molecular weight excluding hydrogens is 350 g/mol. The van der Waals surface area contributed by atoms with Crippen LogP contribution in [0.1, 0.15) is 41.7 Å². The van der Waals surface area contributed by atoms with E-state index in [9.17, 15) is 4.79 Å². The summed E-state index contributed by atoms with van der Waals surface area (Å²) in [5.74, 6) is 0.587. The summed E-state index contributed by atoms with van der Waals surface area (Å²) in [6.07, 6.45) is 2.27. The third-order valence-corrected chi connectivity index (χ3v) is 5.19. The van der Waals surface area contributed by atoms with Gasteiger partial charge in [0.25, 0.3) is 5.91 Å². The second-order valence-electron chi connectivity index (χ2n) is 7.24. The topological polar surface area (TPSA) is 47.6 Å². The first-order valence-electron chi connectivity index (χ1n) is 9.84. The number of fused-ring (bicyclic) bond motifs is 1. The van der Waals surface area contributed by atoms with Gasteiger partial charge in [-0.15, -0.1) is 0 Å². The van der Waals surface area contributed by atoms with Crippen molar-refractivity contribution in [3.05, 3.63) is 77.9 Å². The van der Waals surface area contributed by atoms with Crippen molar-refractivity contribution in [1.82, 2.24) is 5.32 Å². The van der Waals surface area contributed by atoms with Crippen molar-refractivity contribution in [3.8, 4) is 5.75 Å². The molecular formula is C24H25NO3. The van der Waals surface area contributed by atoms with Gasteiger partial charge in [0.15, 0.2) is 0 Å². The number of hydrogen-bond acceptors (Lipinski definition) is 3. The van der Waals surface area contributed by atoms with Gasteiger partial charge in [0, 0.05) is 12.2 Å². The highest BCUT2D eigenvalue weighted by molar-refractivity contribution is 5.95. The van der Waals surface area contributed by atoms with Crippen molar-refractivity contribution < 1.29 is 14.3 Å². The van der Waals surface area contributed by atoms with E-state index in [1.165, 1.54) is 5.39 Å². The third-order valence-electron chi connectivity index (χ3n) is 5.19. The quantitative estimate of drug-likeness (QED) is 0.667. The molecule has 4 nitrogen and oxygen atoms in total. The van der Waals surface area contributed by atoms with E-state index in [0.717, 1.165) is 30.4 Å². The molecule has 3 aromatic carbocycles. The Morgan fingerprint density at radius 3 is 2.82 bits per heavy atom. The molecule has 0 bridgehead atoms. The lowest BCUT2D eigenvalue weighted by molar-refractivity contribution is 0.0679. The van der Waals surface area contributed by atoms with E-state index < -0.39 is 0 Å². The summed E-state index contributed by atoms with van der Waals surface area (Å²) in [6.45, 7) is 3.34. The SMILES string of the molecule is C[C@H](NC(=O)c1cccc(OC[C@@H]2CCCO2)c1)c1cccc2ccccc12. The van der Waals surface area contributed by atoms with Gasteiger partial charge in [-0.1, -0.05) is 48.5 Å². The maximum Gasteiger partial charge on any atom is 0.251 e. The summed E-state index contributed by atoms with van der Waals surface area (Å²) in [7, 11) is 0. The van der Waals surface area contributed by atoms with Crippen LogP contribution in [0.4, 0.5) is 0 Å². The highest BCUT2D eigenvalue weighted by Crippen LogP contribution is 2.24. The lowest BCUT2D eigenvalue weighted by Gasteiger charge is -2.17. The van der Waals surface area contributed by atoms with Crippen LogP contribution in [0.5, 0.6) is 5.75 Å². The van der Waals surface area contributed by atoms with Crippen LogP contribution in [0.25, 0.3) is 10.8 Å². The Morgan fingerprint density at radius 2 is 1.96 bits per heavy atom. The fourth-order valence-corrected chi connectivity index (χ4v) is 3.68. The zero-order chi connectivity index (χ0) is 19.3. The first-order chi connectivity index (χ1) is 13.7. The van der Waals surface area contributed by atoms with Crippen molar-refractivity contribution in [2.45, 2.75) is 31.9 Å². The van der Waals surface area contributed by atoms with E-state index in [1.54, 1.807) is 6.07 Å². The minimum Gasteiger partial charge on any atom is -0.491 e. The fourth-order valence-electron chi connectivity index (χ4n) is 3.68. The van der Waals surface area contributed by atoms with Gasteiger partial charge in [-0.25, -0.2) is 0 Å². The average molecular weight is 375 g/mol. The zero-order valence-electron chi connectivity index (χ0n) is 16.1. The summed E-state index contributed by atoms with van der Waals surface area (Å²) in [6, 6.07) is 21.6. The number of nitrogens with one attached hydrogen (secondary N) is 1. The monoisotopic (exact) mass is 375 g/mol. The molecule has 144 valence electrons. The number of carbonyl (C=O) groups excluding carboxylic acids is 1. The maximum absolute atomic E-state index is 12.8. The average Bonchev–Trinajstić information content (AvgIpc) is 3.25. The molecule has 1 N–H and O–H groups in total. The van der Waals surface area contributed by atoms with Crippen LogP contribution in [0.3, 0.4) is 0 Å². The molecule has 1 amide bonds. The summed E-state index contributed by atoms with van der Waals surface area (Å²) in [5.41, 5.74) is 1.70. The van der Waals surface area contributed by atoms with Crippen molar-refractivity contribution in [1.29, 1.82) is 0 Å². The molecule has 4 heteroatoms. The number of carbonyl (C=O) groups is 1. The molecule has 1 saturated heterocycles. The third kappa shape index (κ3) is 4.18. The largest absolute Gasteiger partial charge is 0.491 e. The van der Waals surface area contributed by atoms with Crippen molar-refractivity contribution in [2.24, 2.45) is 0 Å². The van der Waals surface area contributed by atoms with Crippen LogP contribution in [-0.2, 0) is 4.74 Å². The van der Waals surface area contributed by atoms with Gasteiger partial charge >= 0.3 is 0 Å². The van der Waals surface area contributed by atoms with Crippen LogP contribution in [0.2, 0.25) is 0 Å². The Balaban J connectivity index is 1.44. The highest BCUT2D eigenvalue weighted by Gasteiger charge is 2.17. The summed E-state index contributed by atoms with van der Waals surface area (Å²) >= 11 is 0. The summed E-state index contributed by atoms with van der Waals surface area (Å²) in [5, 5.41) is 5.44. The molecule has 0 spiro atoms. The van der Waals surface area contributed by atoms with Crippen molar-refractivity contribution in [3.63, 3.8) is 0 Å². The molecule has 0 unspecified atom stereocenters.